The Bertz CT molecular complexity index is 682. The number of nitrogen functional groups attached to an aromatic ring is 1. The molecule has 0 spiro atoms. The van der Waals surface area contributed by atoms with Gasteiger partial charge in [-0.25, -0.2) is 4.98 Å². The molecule has 1 aromatic carbocycles. The lowest BCUT2D eigenvalue weighted by molar-refractivity contribution is -0.152. The number of nitrogens with one attached hydrogen (secondary N) is 1. The Morgan fingerprint density at radius 2 is 1.92 bits per heavy atom. The zero-order chi connectivity index (χ0) is 17.6. The summed E-state index contributed by atoms with van der Waals surface area (Å²) in [6, 6.07) is 11.5. The summed E-state index contributed by atoms with van der Waals surface area (Å²) in [7, 11) is 0. The third kappa shape index (κ3) is 5.46. The molecule has 0 atom stereocenters. The van der Waals surface area contributed by atoms with Gasteiger partial charge in [0.15, 0.2) is 5.82 Å². The molecule has 0 aliphatic heterocycles. The van der Waals surface area contributed by atoms with E-state index in [9.17, 15) is 4.79 Å². The Hall–Kier alpha value is -2.76. The summed E-state index contributed by atoms with van der Waals surface area (Å²) in [5.41, 5.74) is 6.93. The average Bonchev–Trinajstić information content (AvgIpc) is 2.52. The van der Waals surface area contributed by atoms with Crippen LogP contribution in [0.15, 0.2) is 42.6 Å². The van der Waals surface area contributed by atoms with E-state index in [0.29, 0.717) is 23.9 Å². The molecule has 0 saturated carbocycles. The molecule has 1 aromatic heterocycles. The maximum Gasteiger partial charge on any atom is 0.325 e. The van der Waals surface area contributed by atoms with E-state index in [1.807, 2.05) is 51.1 Å². The molecule has 6 nitrogen and oxygen atoms in total. The van der Waals surface area contributed by atoms with Crippen molar-refractivity contribution >= 4 is 17.5 Å². The molecule has 0 bridgehead atoms. The number of nitrogens with zero attached hydrogens (tertiary/aromatic N) is 1. The molecule has 24 heavy (non-hydrogen) atoms. The highest BCUT2D eigenvalue weighted by Crippen LogP contribution is 2.27. The number of aromatic nitrogens is 1. The van der Waals surface area contributed by atoms with Crippen LogP contribution < -0.4 is 15.8 Å². The molecule has 1 heterocycles. The molecule has 0 aliphatic rings. The van der Waals surface area contributed by atoms with Gasteiger partial charge in [-0.3, -0.25) is 4.79 Å². The van der Waals surface area contributed by atoms with Gasteiger partial charge < -0.3 is 20.5 Å². The zero-order valence-corrected chi connectivity index (χ0v) is 14.2. The predicted molar refractivity (Wildman–Crippen MR) is 93.8 cm³/mol. The Labute approximate surface area is 142 Å². The van der Waals surface area contributed by atoms with Crippen LogP contribution in [0.3, 0.4) is 0 Å². The van der Waals surface area contributed by atoms with Gasteiger partial charge in [-0.2, -0.15) is 0 Å². The van der Waals surface area contributed by atoms with Gasteiger partial charge in [-0.15, -0.1) is 0 Å². The molecule has 0 saturated heterocycles. The maximum atomic E-state index is 11.8. The van der Waals surface area contributed by atoms with E-state index in [0.717, 1.165) is 5.56 Å². The minimum atomic E-state index is -0.529. The van der Waals surface area contributed by atoms with E-state index in [4.69, 9.17) is 15.2 Å². The van der Waals surface area contributed by atoms with Crippen molar-refractivity contribution < 1.29 is 14.3 Å². The summed E-state index contributed by atoms with van der Waals surface area (Å²) >= 11 is 0. The normalized spacial score (nSPS) is 11.0. The highest BCUT2D eigenvalue weighted by molar-refractivity contribution is 5.78. The van der Waals surface area contributed by atoms with Crippen LogP contribution in [0.25, 0.3) is 0 Å². The van der Waals surface area contributed by atoms with E-state index in [-0.39, 0.29) is 12.5 Å². The SMILES string of the molecule is CC(C)(C)OC(=O)CNc1nccc(OCc2ccccc2)c1N. The third-order valence-corrected chi connectivity index (χ3v) is 3.01. The largest absolute Gasteiger partial charge is 0.487 e. The molecule has 0 aliphatic carbocycles. The number of benzene rings is 1. The molecule has 0 unspecified atom stereocenters. The van der Waals surface area contributed by atoms with Crippen molar-refractivity contribution in [2.45, 2.75) is 33.0 Å². The second-order valence-electron chi connectivity index (χ2n) is 6.29. The smallest absolute Gasteiger partial charge is 0.325 e. The fourth-order valence-electron chi connectivity index (χ4n) is 1.99. The van der Waals surface area contributed by atoms with Crippen molar-refractivity contribution in [2.75, 3.05) is 17.6 Å². The molecular formula is C18H23N3O3. The van der Waals surface area contributed by atoms with Gasteiger partial charge in [-0.1, -0.05) is 30.3 Å². The monoisotopic (exact) mass is 329 g/mol. The van der Waals surface area contributed by atoms with Crippen molar-refractivity contribution in [1.82, 2.24) is 4.98 Å². The molecule has 0 radical (unpaired) electrons. The summed E-state index contributed by atoms with van der Waals surface area (Å²) in [6.45, 7) is 5.83. The minimum absolute atomic E-state index is 0.0173. The molecule has 6 heteroatoms. The third-order valence-electron chi connectivity index (χ3n) is 3.01. The molecular weight excluding hydrogens is 306 g/mol. The number of carbonyl (C=O) groups is 1. The van der Waals surface area contributed by atoms with Gasteiger partial charge in [0.2, 0.25) is 0 Å². The Balaban J connectivity index is 1.96. The molecule has 3 N–H and O–H groups in total. The quantitative estimate of drug-likeness (QED) is 0.792. The Kier molecular flexibility index (Phi) is 5.63. The first-order chi connectivity index (χ1) is 11.3. The van der Waals surface area contributed by atoms with E-state index < -0.39 is 5.60 Å². The van der Waals surface area contributed by atoms with Crippen LogP contribution in [-0.2, 0) is 16.1 Å². The number of nitrogens with two attached hydrogens (primary N) is 1. The number of carbonyl (C=O) groups excluding carboxylic acids is 1. The standard InChI is InChI=1S/C18H23N3O3/c1-18(2,3)24-15(22)11-21-17-16(19)14(9-10-20-17)23-12-13-7-5-4-6-8-13/h4-10H,11-12,19H2,1-3H3,(H,20,21). The molecule has 0 amide bonds. The number of esters is 1. The minimum Gasteiger partial charge on any atom is -0.487 e. The van der Waals surface area contributed by atoms with Gasteiger partial charge >= 0.3 is 5.97 Å². The lowest BCUT2D eigenvalue weighted by atomic mass is 10.2. The first-order valence-corrected chi connectivity index (χ1v) is 7.72. The van der Waals surface area contributed by atoms with Crippen LogP contribution in [0.4, 0.5) is 11.5 Å². The second-order valence-corrected chi connectivity index (χ2v) is 6.29. The summed E-state index contributed by atoms with van der Waals surface area (Å²) < 4.78 is 11.0. The Morgan fingerprint density at radius 1 is 1.21 bits per heavy atom. The van der Waals surface area contributed by atoms with Gasteiger partial charge in [0, 0.05) is 12.3 Å². The fraction of sp³-hybridized carbons (Fsp3) is 0.333. The molecule has 2 rings (SSSR count). The number of rotatable bonds is 6. The van der Waals surface area contributed by atoms with Crippen molar-refractivity contribution in [3.05, 3.63) is 48.2 Å². The predicted octanol–water partition coefficient (Wildman–Crippen LogP) is 3.00. The van der Waals surface area contributed by atoms with Crippen molar-refractivity contribution in [3.8, 4) is 5.75 Å². The van der Waals surface area contributed by atoms with Gasteiger partial charge in [0.25, 0.3) is 0 Å². The lowest BCUT2D eigenvalue weighted by Crippen LogP contribution is -2.28. The van der Waals surface area contributed by atoms with Crippen molar-refractivity contribution in [3.63, 3.8) is 0 Å². The van der Waals surface area contributed by atoms with Crippen molar-refractivity contribution in [1.29, 1.82) is 0 Å². The van der Waals surface area contributed by atoms with E-state index in [2.05, 4.69) is 10.3 Å². The van der Waals surface area contributed by atoms with Crippen LogP contribution in [0.2, 0.25) is 0 Å². The van der Waals surface area contributed by atoms with Crippen LogP contribution in [0.5, 0.6) is 5.75 Å². The average molecular weight is 329 g/mol. The summed E-state index contributed by atoms with van der Waals surface area (Å²) in [6.07, 6.45) is 1.58. The summed E-state index contributed by atoms with van der Waals surface area (Å²) in [5.74, 6) is 0.534. The number of pyridine rings is 1. The number of hydrogen-bond acceptors (Lipinski definition) is 6. The van der Waals surface area contributed by atoms with Crippen LogP contribution in [-0.4, -0.2) is 23.1 Å². The lowest BCUT2D eigenvalue weighted by Gasteiger charge is -2.20. The molecule has 128 valence electrons. The second kappa shape index (κ2) is 7.68. The first kappa shape index (κ1) is 17.6. The highest BCUT2D eigenvalue weighted by atomic mass is 16.6. The summed E-state index contributed by atoms with van der Waals surface area (Å²) in [4.78, 5) is 15.9. The van der Waals surface area contributed by atoms with E-state index in [1.165, 1.54) is 0 Å². The summed E-state index contributed by atoms with van der Waals surface area (Å²) in [5, 5.41) is 2.88. The number of hydrogen-bond donors (Lipinski definition) is 2. The highest BCUT2D eigenvalue weighted by Gasteiger charge is 2.16. The van der Waals surface area contributed by atoms with Crippen molar-refractivity contribution in [2.24, 2.45) is 0 Å². The fourth-order valence-corrected chi connectivity index (χ4v) is 1.99. The molecule has 2 aromatic rings. The van der Waals surface area contributed by atoms with Gasteiger partial charge in [0.1, 0.15) is 30.2 Å². The topological polar surface area (TPSA) is 86.5 Å². The number of ether oxygens (including phenoxy) is 2. The van der Waals surface area contributed by atoms with E-state index in [1.54, 1.807) is 12.3 Å². The van der Waals surface area contributed by atoms with Crippen LogP contribution in [0, 0.1) is 0 Å². The van der Waals surface area contributed by atoms with E-state index >= 15 is 0 Å². The zero-order valence-electron chi connectivity index (χ0n) is 14.2. The van der Waals surface area contributed by atoms with Crippen LogP contribution in [0.1, 0.15) is 26.3 Å². The number of anilines is 2. The Morgan fingerprint density at radius 3 is 2.58 bits per heavy atom. The van der Waals surface area contributed by atoms with Gasteiger partial charge in [0.05, 0.1) is 0 Å². The van der Waals surface area contributed by atoms with Gasteiger partial charge in [-0.05, 0) is 26.3 Å². The first-order valence-electron chi connectivity index (χ1n) is 7.72. The molecule has 0 fully saturated rings. The van der Waals surface area contributed by atoms with Crippen LogP contribution >= 0.6 is 0 Å². The maximum absolute atomic E-state index is 11.8.